The van der Waals surface area contributed by atoms with Crippen molar-refractivity contribution in [3.63, 3.8) is 0 Å². The van der Waals surface area contributed by atoms with Gasteiger partial charge in [0.15, 0.2) is 0 Å². The van der Waals surface area contributed by atoms with Crippen molar-refractivity contribution in [1.29, 1.82) is 0 Å². The lowest BCUT2D eigenvalue weighted by Gasteiger charge is -2.07. The van der Waals surface area contributed by atoms with E-state index in [1.165, 1.54) is 5.56 Å². The Kier molecular flexibility index (Phi) is 4.30. The molecule has 1 atom stereocenters. The van der Waals surface area contributed by atoms with Gasteiger partial charge in [0.2, 0.25) is 0 Å². The number of hydrogen-bond acceptors (Lipinski definition) is 2. The molecule has 0 aliphatic carbocycles. The van der Waals surface area contributed by atoms with Gasteiger partial charge < -0.3 is 10.2 Å². The molecular weight excluding hydrogens is 358 g/mol. The van der Waals surface area contributed by atoms with Crippen molar-refractivity contribution in [3.8, 4) is 11.3 Å². The highest BCUT2D eigenvalue weighted by Crippen LogP contribution is 2.37. The van der Waals surface area contributed by atoms with E-state index in [2.05, 4.69) is 50.9 Å². The minimum Gasteiger partial charge on any atom is -0.459 e. The Morgan fingerprint density at radius 1 is 1.22 bits per heavy atom. The summed E-state index contributed by atoms with van der Waals surface area (Å²) in [6.45, 7) is 4.10. The molecule has 0 spiro atoms. The number of rotatable bonds is 3. The Morgan fingerprint density at radius 3 is 2.39 bits per heavy atom. The molecule has 0 saturated heterocycles. The van der Waals surface area contributed by atoms with E-state index >= 15 is 0 Å². The van der Waals surface area contributed by atoms with Crippen LogP contribution in [-0.2, 0) is 0 Å². The Bertz CT molecular complexity index is 540. The molecule has 0 fully saturated rings. The molecule has 2 N–H and O–H groups in total. The molecule has 1 aromatic carbocycles. The fourth-order valence-electron chi connectivity index (χ4n) is 1.82. The first-order valence-corrected chi connectivity index (χ1v) is 7.42. The second-order valence-electron chi connectivity index (χ2n) is 4.32. The number of benzene rings is 1. The average molecular weight is 373 g/mol. The molecule has 1 aromatic heterocycles. The molecule has 0 aliphatic heterocycles. The largest absolute Gasteiger partial charge is 0.459 e. The molecule has 0 amide bonds. The van der Waals surface area contributed by atoms with Gasteiger partial charge in [-0.2, -0.15) is 0 Å². The van der Waals surface area contributed by atoms with E-state index in [9.17, 15) is 0 Å². The fraction of sp³-hybridized carbons (Fsp3) is 0.286. The van der Waals surface area contributed by atoms with E-state index < -0.39 is 0 Å². The summed E-state index contributed by atoms with van der Waals surface area (Å²) in [5.74, 6) is 1.65. The zero-order valence-corrected chi connectivity index (χ0v) is 13.5. The highest BCUT2D eigenvalue weighted by atomic mass is 79.9. The predicted octanol–water partition coefficient (Wildman–Crippen LogP) is 5.19. The third-order valence-electron chi connectivity index (χ3n) is 2.86. The van der Waals surface area contributed by atoms with Crippen molar-refractivity contribution in [3.05, 3.63) is 44.5 Å². The number of nitrogens with two attached hydrogens (primary N) is 1. The lowest BCUT2D eigenvalue weighted by molar-refractivity contribution is 0.469. The van der Waals surface area contributed by atoms with E-state index in [1.54, 1.807) is 0 Å². The SMILES string of the molecule is CCC(N)c1ccc(-c2c(Br)cc(C)cc2Br)o1. The van der Waals surface area contributed by atoms with Gasteiger partial charge in [0.25, 0.3) is 0 Å². The van der Waals surface area contributed by atoms with Gasteiger partial charge in [0, 0.05) is 14.5 Å². The van der Waals surface area contributed by atoms with E-state index in [-0.39, 0.29) is 6.04 Å². The van der Waals surface area contributed by atoms with Crippen LogP contribution in [0.1, 0.15) is 30.7 Å². The van der Waals surface area contributed by atoms with Crippen molar-refractivity contribution < 1.29 is 4.42 Å². The summed E-state index contributed by atoms with van der Waals surface area (Å²) in [6.07, 6.45) is 0.864. The van der Waals surface area contributed by atoms with Gasteiger partial charge in [-0.15, -0.1) is 0 Å². The van der Waals surface area contributed by atoms with Crippen LogP contribution in [0.15, 0.2) is 37.6 Å². The zero-order valence-electron chi connectivity index (χ0n) is 10.3. The summed E-state index contributed by atoms with van der Waals surface area (Å²) in [4.78, 5) is 0. The minimum atomic E-state index is -0.0400. The maximum Gasteiger partial charge on any atom is 0.136 e. The van der Waals surface area contributed by atoms with E-state index in [0.717, 1.165) is 32.5 Å². The maximum absolute atomic E-state index is 5.97. The van der Waals surface area contributed by atoms with Gasteiger partial charge in [0.05, 0.1) is 6.04 Å². The molecular formula is C14H15Br2NO. The molecule has 2 aromatic rings. The Labute approximate surface area is 124 Å². The van der Waals surface area contributed by atoms with E-state index in [1.807, 2.05) is 19.1 Å². The molecule has 0 bridgehead atoms. The highest BCUT2D eigenvalue weighted by molar-refractivity contribution is 9.11. The minimum absolute atomic E-state index is 0.0400. The molecule has 2 nitrogen and oxygen atoms in total. The third-order valence-corrected chi connectivity index (χ3v) is 4.12. The van der Waals surface area contributed by atoms with Gasteiger partial charge in [-0.3, -0.25) is 0 Å². The lowest BCUT2D eigenvalue weighted by Crippen LogP contribution is -2.06. The molecule has 0 saturated carbocycles. The quantitative estimate of drug-likeness (QED) is 0.805. The van der Waals surface area contributed by atoms with Crippen LogP contribution in [0.5, 0.6) is 0 Å². The molecule has 0 aliphatic rings. The van der Waals surface area contributed by atoms with Gasteiger partial charge in [0.1, 0.15) is 11.5 Å². The summed E-state index contributed by atoms with van der Waals surface area (Å²) < 4.78 is 7.87. The normalized spacial score (nSPS) is 12.7. The van der Waals surface area contributed by atoms with Gasteiger partial charge in [-0.05, 0) is 75.0 Å². The second kappa shape index (κ2) is 5.59. The number of aryl methyl sites for hydroxylation is 1. The average Bonchev–Trinajstić information content (AvgIpc) is 2.76. The molecule has 18 heavy (non-hydrogen) atoms. The standard InChI is InChI=1S/C14H15Br2NO/c1-3-11(17)12-4-5-13(18-12)14-9(15)6-8(2)7-10(14)16/h4-7,11H,3,17H2,1-2H3. The topological polar surface area (TPSA) is 39.2 Å². The first kappa shape index (κ1) is 13.8. The third kappa shape index (κ3) is 2.71. The van der Waals surface area contributed by atoms with Crippen molar-refractivity contribution in [2.24, 2.45) is 5.73 Å². The van der Waals surface area contributed by atoms with Crippen LogP contribution >= 0.6 is 31.9 Å². The van der Waals surface area contributed by atoms with E-state index in [0.29, 0.717) is 0 Å². The molecule has 4 heteroatoms. The molecule has 96 valence electrons. The fourth-order valence-corrected chi connectivity index (χ4v) is 3.63. The summed E-state index contributed by atoms with van der Waals surface area (Å²) >= 11 is 7.15. The van der Waals surface area contributed by atoms with Crippen LogP contribution in [0.3, 0.4) is 0 Å². The Hall–Kier alpha value is -0.580. The second-order valence-corrected chi connectivity index (χ2v) is 6.03. The highest BCUT2D eigenvalue weighted by Gasteiger charge is 2.15. The Morgan fingerprint density at radius 2 is 1.83 bits per heavy atom. The van der Waals surface area contributed by atoms with Gasteiger partial charge in [-0.25, -0.2) is 0 Å². The zero-order chi connectivity index (χ0) is 13.3. The monoisotopic (exact) mass is 371 g/mol. The van der Waals surface area contributed by atoms with Crippen molar-refractivity contribution in [1.82, 2.24) is 0 Å². The lowest BCUT2D eigenvalue weighted by atomic mass is 10.1. The van der Waals surface area contributed by atoms with Crippen LogP contribution in [0.4, 0.5) is 0 Å². The van der Waals surface area contributed by atoms with Crippen LogP contribution in [0.2, 0.25) is 0 Å². The van der Waals surface area contributed by atoms with Crippen molar-refractivity contribution >= 4 is 31.9 Å². The molecule has 2 rings (SSSR count). The molecule has 1 heterocycles. The van der Waals surface area contributed by atoms with Crippen LogP contribution in [0.25, 0.3) is 11.3 Å². The van der Waals surface area contributed by atoms with Crippen molar-refractivity contribution in [2.45, 2.75) is 26.3 Å². The summed E-state index contributed by atoms with van der Waals surface area (Å²) in [6, 6.07) is 8.01. The number of hydrogen-bond donors (Lipinski definition) is 1. The van der Waals surface area contributed by atoms with Crippen LogP contribution < -0.4 is 5.73 Å². The summed E-state index contributed by atoms with van der Waals surface area (Å²) in [5, 5.41) is 0. The molecule has 0 radical (unpaired) electrons. The van der Waals surface area contributed by atoms with Gasteiger partial charge in [-0.1, -0.05) is 6.92 Å². The van der Waals surface area contributed by atoms with Crippen LogP contribution in [-0.4, -0.2) is 0 Å². The van der Waals surface area contributed by atoms with Gasteiger partial charge >= 0.3 is 0 Å². The summed E-state index contributed by atoms with van der Waals surface area (Å²) in [5.41, 5.74) is 8.18. The number of furan rings is 1. The first-order chi connectivity index (χ1) is 8.52. The van der Waals surface area contributed by atoms with E-state index in [4.69, 9.17) is 10.2 Å². The molecule has 1 unspecified atom stereocenters. The smallest absolute Gasteiger partial charge is 0.136 e. The number of halogens is 2. The van der Waals surface area contributed by atoms with Crippen LogP contribution in [0, 0.1) is 6.92 Å². The predicted molar refractivity (Wildman–Crippen MR) is 81.5 cm³/mol. The van der Waals surface area contributed by atoms with Crippen molar-refractivity contribution in [2.75, 3.05) is 0 Å². The maximum atomic E-state index is 5.97. The Balaban J connectivity index is 2.46. The summed E-state index contributed by atoms with van der Waals surface area (Å²) in [7, 11) is 0. The first-order valence-electron chi connectivity index (χ1n) is 5.84.